The van der Waals surface area contributed by atoms with Gasteiger partial charge in [-0.3, -0.25) is 5.32 Å². The molecule has 3 aromatic heterocycles. The number of hydrogen-bond acceptors (Lipinski definition) is 11. The molecule has 0 saturated heterocycles. The molecule has 0 aliphatic heterocycles. The second-order valence-electron chi connectivity index (χ2n) is 9.16. The summed E-state index contributed by atoms with van der Waals surface area (Å²) in [7, 11) is 1.52. The van der Waals surface area contributed by atoms with E-state index in [1.54, 1.807) is 0 Å². The minimum absolute atomic E-state index is 0.0306. The zero-order valence-electron chi connectivity index (χ0n) is 22.8. The van der Waals surface area contributed by atoms with Crippen LogP contribution < -0.4 is 19.5 Å². The lowest BCUT2D eigenvalue weighted by atomic mass is 10.1. The van der Waals surface area contributed by atoms with Gasteiger partial charge in [0.2, 0.25) is 11.8 Å². The number of ether oxygens (including phenoxy) is 4. The number of carbonyl (C=O) groups excluding carboxylic acids is 1. The first kappa shape index (κ1) is 29.7. The number of pyridine rings is 1. The van der Waals surface area contributed by atoms with Crippen LogP contribution in [0.5, 0.6) is 17.5 Å². The van der Waals surface area contributed by atoms with Crippen molar-refractivity contribution in [3.8, 4) is 28.1 Å². The number of anilines is 1. The van der Waals surface area contributed by atoms with E-state index in [2.05, 4.69) is 25.3 Å². The van der Waals surface area contributed by atoms with Crippen molar-refractivity contribution < 1.29 is 42.0 Å². The number of aryl methyl sites for hydroxylation is 1. The molecule has 0 aliphatic rings. The number of nitrogens with zero attached hydrogens (tertiary/aromatic N) is 4. The average Bonchev–Trinajstić information content (AvgIpc) is 3.40. The number of aliphatic hydroxyl groups excluding tert-OH is 1. The van der Waals surface area contributed by atoms with Gasteiger partial charge in [0.1, 0.15) is 24.8 Å². The lowest BCUT2D eigenvalue weighted by molar-refractivity contribution is -0.0809. The molecule has 0 fully saturated rings. The fraction of sp³-hybridized carbons (Fsp3) is 0.250. The Balaban J connectivity index is 1.18. The van der Waals surface area contributed by atoms with Crippen molar-refractivity contribution in [1.82, 2.24) is 19.9 Å². The highest BCUT2D eigenvalue weighted by molar-refractivity contribution is 7.21. The standard InChI is InChI=1S/C28H24F3N5O6S/c1-15-7-17(25-20(8-15)35-24(39-2)12-33-25)26-36-19-9-18(29)21(10-22(19)43-26)40-5-6-41-27(38)34-16-3-4-23(32-11-16)42-14-28(30,31)13-37/h3-4,7-12,37H,5-6,13-14H2,1-2H3,(H,34,38). The van der Waals surface area contributed by atoms with Gasteiger partial charge in [-0.2, -0.15) is 0 Å². The molecule has 0 aliphatic carbocycles. The van der Waals surface area contributed by atoms with Crippen LogP contribution in [0.15, 0.2) is 48.8 Å². The van der Waals surface area contributed by atoms with Crippen molar-refractivity contribution in [2.75, 3.05) is 38.9 Å². The smallest absolute Gasteiger partial charge is 0.411 e. The molecule has 0 radical (unpaired) electrons. The summed E-state index contributed by atoms with van der Waals surface area (Å²) in [4.78, 5) is 29.4. The highest BCUT2D eigenvalue weighted by Crippen LogP contribution is 2.37. The molecule has 0 bridgehead atoms. The van der Waals surface area contributed by atoms with Crippen molar-refractivity contribution in [1.29, 1.82) is 0 Å². The Labute approximate surface area is 246 Å². The van der Waals surface area contributed by atoms with E-state index in [-0.39, 0.29) is 30.5 Å². The van der Waals surface area contributed by atoms with Gasteiger partial charge in [-0.1, -0.05) is 0 Å². The lowest BCUT2D eigenvalue weighted by Gasteiger charge is -2.13. The summed E-state index contributed by atoms with van der Waals surface area (Å²) >= 11 is 1.34. The number of methoxy groups -OCH3 is 1. The number of nitrogens with one attached hydrogen (secondary N) is 1. The number of benzene rings is 2. The SMILES string of the molecule is COc1cnc2c(-c3nc4cc(F)c(OCCOC(=O)Nc5ccc(OCC(F)(F)CO)nc5)cc4s3)cc(C)cc2n1. The minimum Gasteiger partial charge on any atom is -0.487 e. The largest absolute Gasteiger partial charge is 0.487 e. The van der Waals surface area contributed by atoms with Crippen molar-refractivity contribution in [3.05, 3.63) is 60.2 Å². The highest BCUT2D eigenvalue weighted by Gasteiger charge is 2.29. The van der Waals surface area contributed by atoms with Gasteiger partial charge in [0.15, 0.2) is 18.2 Å². The number of amides is 1. The van der Waals surface area contributed by atoms with E-state index in [0.29, 0.717) is 32.1 Å². The van der Waals surface area contributed by atoms with Gasteiger partial charge < -0.3 is 24.1 Å². The Hall–Kier alpha value is -4.76. The lowest BCUT2D eigenvalue weighted by Crippen LogP contribution is -2.29. The molecular formula is C28H24F3N5O6S. The van der Waals surface area contributed by atoms with E-state index in [0.717, 1.165) is 11.1 Å². The molecule has 0 atom stereocenters. The molecule has 5 rings (SSSR count). The molecule has 43 heavy (non-hydrogen) atoms. The van der Waals surface area contributed by atoms with Crippen LogP contribution in [0, 0.1) is 12.7 Å². The maximum Gasteiger partial charge on any atom is 0.411 e. The number of aliphatic hydroxyl groups is 1. The van der Waals surface area contributed by atoms with Crippen LogP contribution >= 0.6 is 11.3 Å². The van der Waals surface area contributed by atoms with Crippen LogP contribution in [0.4, 0.5) is 23.7 Å². The molecule has 15 heteroatoms. The van der Waals surface area contributed by atoms with E-state index in [4.69, 9.17) is 24.1 Å². The maximum atomic E-state index is 14.8. The summed E-state index contributed by atoms with van der Waals surface area (Å²) in [5, 5.41) is 11.6. The van der Waals surface area contributed by atoms with Gasteiger partial charge in [0, 0.05) is 23.8 Å². The molecule has 1 amide bonds. The topological polar surface area (TPSA) is 138 Å². The van der Waals surface area contributed by atoms with Crippen molar-refractivity contribution in [2.45, 2.75) is 12.8 Å². The molecule has 0 saturated carbocycles. The molecule has 3 heterocycles. The van der Waals surface area contributed by atoms with E-state index in [1.807, 2.05) is 19.1 Å². The van der Waals surface area contributed by atoms with Gasteiger partial charge >= 0.3 is 12.0 Å². The summed E-state index contributed by atoms with van der Waals surface area (Å²) in [5.41, 5.74) is 3.67. The van der Waals surface area contributed by atoms with E-state index < -0.39 is 31.0 Å². The number of fused-ring (bicyclic) bond motifs is 2. The average molecular weight is 616 g/mol. The summed E-state index contributed by atoms with van der Waals surface area (Å²) in [5.74, 6) is -3.78. The van der Waals surface area contributed by atoms with Crippen molar-refractivity contribution >= 4 is 44.4 Å². The highest BCUT2D eigenvalue weighted by atomic mass is 32.1. The summed E-state index contributed by atoms with van der Waals surface area (Å²) in [6.45, 7) is -0.794. The van der Waals surface area contributed by atoms with Gasteiger partial charge in [-0.15, -0.1) is 11.3 Å². The number of aromatic nitrogens is 4. The summed E-state index contributed by atoms with van der Waals surface area (Å²) in [6.07, 6.45) is 1.87. The quantitative estimate of drug-likeness (QED) is 0.186. The van der Waals surface area contributed by atoms with Crippen LogP contribution in [0.25, 0.3) is 31.8 Å². The van der Waals surface area contributed by atoms with E-state index in [1.165, 1.54) is 55.1 Å². The number of thiazole rings is 1. The van der Waals surface area contributed by atoms with Gasteiger partial charge in [0.05, 0.1) is 46.4 Å². The maximum absolute atomic E-state index is 14.8. The first-order valence-electron chi connectivity index (χ1n) is 12.7. The van der Waals surface area contributed by atoms with Gasteiger partial charge in [0.25, 0.3) is 0 Å². The Morgan fingerprint density at radius 3 is 2.60 bits per heavy atom. The Morgan fingerprint density at radius 2 is 1.86 bits per heavy atom. The Kier molecular flexibility index (Phi) is 8.73. The third-order valence-electron chi connectivity index (χ3n) is 5.87. The van der Waals surface area contributed by atoms with Crippen LogP contribution in [0.2, 0.25) is 0 Å². The summed E-state index contributed by atoms with van der Waals surface area (Å²) in [6, 6.07) is 9.28. The predicted molar refractivity (Wildman–Crippen MR) is 152 cm³/mol. The zero-order chi connectivity index (χ0) is 30.6. The van der Waals surface area contributed by atoms with Crippen LogP contribution in [0.3, 0.4) is 0 Å². The predicted octanol–water partition coefficient (Wildman–Crippen LogP) is 5.39. The molecule has 11 nitrogen and oxygen atoms in total. The number of carbonyl (C=O) groups is 1. The first-order valence-corrected chi connectivity index (χ1v) is 13.5. The second-order valence-corrected chi connectivity index (χ2v) is 10.2. The third kappa shape index (κ3) is 7.18. The molecular weight excluding hydrogens is 591 g/mol. The van der Waals surface area contributed by atoms with E-state index >= 15 is 0 Å². The van der Waals surface area contributed by atoms with Crippen molar-refractivity contribution in [3.63, 3.8) is 0 Å². The second kappa shape index (κ2) is 12.6. The minimum atomic E-state index is -3.40. The normalized spacial score (nSPS) is 11.5. The third-order valence-corrected chi connectivity index (χ3v) is 6.92. The monoisotopic (exact) mass is 615 g/mol. The van der Waals surface area contributed by atoms with Crippen LogP contribution in [0.1, 0.15) is 5.56 Å². The number of alkyl halides is 2. The van der Waals surface area contributed by atoms with E-state index in [9.17, 15) is 18.0 Å². The molecule has 224 valence electrons. The van der Waals surface area contributed by atoms with Gasteiger partial charge in [-0.05, 0) is 30.7 Å². The molecule has 0 spiro atoms. The first-order chi connectivity index (χ1) is 20.6. The molecule has 2 N–H and O–H groups in total. The van der Waals surface area contributed by atoms with Crippen molar-refractivity contribution in [2.24, 2.45) is 0 Å². The Morgan fingerprint density at radius 1 is 1.02 bits per heavy atom. The summed E-state index contributed by atoms with van der Waals surface area (Å²) < 4.78 is 62.1. The van der Waals surface area contributed by atoms with Gasteiger partial charge in [-0.25, -0.2) is 37.9 Å². The van der Waals surface area contributed by atoms with Crippen LogP contribution in [-0.2, 0) is 4.74 Å². The molecule has 5 aromatic rings. The number of hydrogen-bond donors (Lipinski definition) is 2. The van der Waals surface area contributed by atoms with Crippen LogP contribution in [-0.4, -0.2) is 70.6 Å². The fourth-order valence-electron chi connectivity index (χ4n) is 3.87. The Bertz CT molecular complexity index is 1770. The zero-order valence-corrected chi connectivity index (χ0v) is 23.6. The number of halogens is 3. The number of rotatable bonds is 11. The molecule has 2 aromatic carbocycles. The fourth-order valence-corrected chi connectivity index (χ4v) is 4.86. The molecule has 0 unspecified atom stereocenters.